The fraction of sp³-hybridized carbons (Fsp3) is 0.200. The van der Waals surface area contributed by atoms with Crippen LogP contribution < -0.4 is 0 Å². The summed E-state index contributed by atoms with van der Waals surface area (Å²) in [5.74, 6) is 4.93. The molecule has 1 aromatic heterocycles. The number of hydrogen-bond acceptors (Lipinski definition) is 3. The molecule has 0 aliphatic rings. The molecule has 0 bridgehead atoms. The highest BCUT2D eigenvalue weighted by molar-refractivity contribution is 6.31. The second-order valence-electron chi connectivity index (χ2n) is 6.49. The molecule has 1 heterocycles. The van der Waals surface area contributed by atoms with Gasteiger partial charge in [0.2, 0.25) is 0 Å². The lowest BCUT2D eigenvalue weighted by atomic mass is 10.0. The van der Waals surface area contributed by atoms with Gasteiger partial charge >= 0.3 is 12.4 Å². The number of aliphatic hydroxyl groups is 1. The Kier molecular flexibility index (Phi) is 6.74. The van der Waals surface area contributed by atoms with Gasteiger partial charge in [0.15, 0.2) is 10.8 Å². The van der Waals surface area contributed by atoms with Crippen LogP contribution in [0.25, 0.3) is 0 Å². The van der Waals surface area contributed by atoms with E-state index in [1.807, 2.05) is 0 Å². The van der Waals surface area contributed by atoms with E-state index in [0.717, 1.165) is 4.68 Å². The molecule has 0 fully saturated rings. The van der Waals surface area contributed by atoms with Crippen molar-refractivity contribution in [3.05, 3.63) is 80.6 Å². The smallest absolute Gasteiger partial charge is 0.376 e. The Hall–Kier alpha value is -2.74. The highest BCUT2D eigenvalue weighted by Crippen LogP contribution is 2.36. The maximum absolute atomic E-state index is 13.0. The second kappa shape index (κ2) is 9.02. The van der Waals surface area contributed by atoms with E-state index in [9.17, 15) is 31.4 Å². The van der Waals surface area contributed by atoms with Gasteiger partial charge in [0.1, 0.15) is 6.10 Å². The fourth-order valence-electron chi connectivity index (χ4n) is 2.67. The summed E-state index contributed by atoms with van der Waals surface area (Å²) in [4.78, 5) is 0. The van der Waals surface area contributed by atoms with E-state index in [1.165, 1.54) is 0 Å². The number of nitrogens with zero attached hydrogens (tertiary/aromatic N) is 3. The molecular weight excluding hydrogens is 483 g/mol. The summed E-state index contributed by atoms with van der Waals surface area (Å²) in [5.41, 5.74) is -3.05. The monoisotopic (exact) mass is 493 g/mol. The quantitative estimate of drug-likeness (QED) is 0.373. The van der Waals surface area contributed by atoms with Crippen molar-refractivity contribution in [2.24, 2.45) is 0 Å². The molecule has 0 saturated heterocycles. The van der Waals surface area contributed by atoms with Crippen molar-refractivity contribution < 1.29 is 31.4 Å². The Labute approximate surface area is 187 Å². The highest BCUT2D eigenvalue weighted by Gasteiger charge is 2.37. The van der Waals surface area contributed by atoms with Crippen LogP contribution in [0.1, 0.15) is 34.1 Å². The molecule has 0 amide bonds. The predicted octanol–water partition coefficient (Wildman–Crippen LogP) is 5.76. The number of aliphatic hydroxyl groups excluding tert-OH is 1. The summed E-state index contributed by atoms with van der Waals surface area (Å²) in [7, 11) is 0. The van der Waals surface area contributed by atoms with Gasteiger partial charge < -0.3 is 5.11 Å². The number of aromatic nitrogens is 3. The van der Waals surface area contributed by atoms with Gasteiger partial charge in [0.05, 0.1) is 17.7 Å². The third-order valence-electron chi connectivity index (χ3n) is 4.18. The highest BCUT2D eigenvalue weighted by atomic mass is 35.5. The lowest BCUT2D eigenvalue weighted by molar-refractivity contribution is -0.143. The minimum Gasteiger partial charge on any atom is -0.376 e. The van der Waals surface area contributed by atoms with Crippen molar-refractivity contribution in [2.45, 2.75) is 25.0 Å². The molecule has 0 saturated carbocycles. The van der Waals surface area contributed by atoms with Gasteiger partial charge in [0.25, 0.3) is 0 Å². The standard InChI is InChI=1S/C20H11Cl2F6N3O/c21-15-4-2-1-3-14(15)17(32)6-5-16-18(22)31(30-29-16)10-11-7-12(19(23,24)25)9-13(8-11)20(26,27)28/h1-4,7-9,17,32H,10H2. The lowest BCUT2D eigenvalue weighted by Crippen LogP contribution is -2.13. The van der Waals surface area contributed by atoms with Gasteiger partial charge in [0, 0.05) is 10.6 Å². The summed E-state index contributed by atoms with van der Waals surface area (Å²) < 4.78 is 79.0. The van der Waals surface area contributed by atoms with E-state index in [4.69, 9.17) is 23.2 Å². The Morgan fingerprint density at radius 1 is 0.969 bits per heavy atom. The topological polar surface area (TPSA) is 50.9 Å². The molecule has 0 spiro atoms. The van der Waals surface area contributed by atoms with Crippen LogP contribution in [0.5, 0.6) is 0 Å². The molecule has 0 radical (unpaired) electrons. The second-order valence-corrected chi connectivity index (χ2v) is 7.26. The molecular formula is C20H11Cl2F6N3O. The van der Waals surface area contributed by atoms with Crippen LogP contribution in [0.4, 0.5) is 26.3 Å². The molecule has 2 aromatic carbocycles. The first-order chi connectivity index (χ1) is 14.9. The summed E-state index contributed by atoms with van der Waals surface area (Å²) >= 11 is 12.0. The normalized spacial score (nSPS) is 12.9. The average Bonchev–Trinajstić information content (AvgIpc) is 3.04. The molecule has 0 aliphatic carbocycles. The maximum atomic E-state index is 13.0. The maximum Gasteiger partial charge on any atom is 0.416 e. The van der Waals surface area contributed by atoms with Crippen LogP contribution in [-0.2, 0) is 18.9 Å². The van der Waals surface area contributed by atoms with E-state index in [0.29, 0.717) is 17.7 Å². The number of alkyl halides is 6. The fourth-order valence-corrected chi connectivity index (χ4v) is 3.09. The summed E-state index contributed by atoms with van der Waals surface area (Å²) in [6.45, 7) is -0.520. The van der Waals surface area contributed by atoms with Gasteiger partial charge in [-0.1, -0.05) is 52.5 Å². The molecule has 12 heteroatoms. The molecule has 168 valence electrons. The molecule has 0 aliphatic heterocycles. The van der Waals surface area contributed by atoms with Crippen LogP contribution in [0.15, 0.2) is 42.5 Å². The molecule has 3 aromatic rings. The van der Waals surface area contributed by atoms with Gasteiger partial charge in [-0.15, -0.1) is 5.10 Å². The Bertz CT molecular complexity index is 1160. The van der Waals surface area contributed by atoms with Crippen molar-refractivity contribution in [3.63, 3.8) is 0 Å². The van der Waals surface area contributed by atoms with Gasteiger partial charge in [-0.05, 0) is 35.7 Å². The SMILES string of the molecule is OC(C#Cc1nnn(Cc2cc(C(F)(F)F)cc(C(F)(F)F)c2)c1Cl)c1ccccc1Cl. The van der Waals surface area contributed by atoms with Crippen LogP contribution in [0, 0.1) is 11.8 Å². The molecule has 32 heavy (non-hydrogen) atoms. The van der Waals surface area contributed by atoms with Crippen molar-refractivity contribution in [2.75, 3.05) is 0 Å². The molecule has 1 unspecified atom stereocenters. The van der Waals surface area contributed by atoms with Gasteiger partial charge in [-0.2, -0.15) is 26.3 Å². The third-order valence-corrected chi connectivity index (χ3v) is 4.90. The molecule has 3 rings (SSSR count). The lowest BCUT2D eigenvalue weighted by Gasteiger charge is -2.14. The first-order valence-electron chi connectivity index (χ1n) is 8.67. The van der Waals surface area contributed by atoms with Crippen LogP contribution >= 0.6 is 23.2 Å². The molecule has 4 nitrogen and oxygen atoms in total. The molecule has 1 atom stereocenters. The number of hydrogen-bond donors (Lipinski definition) is 1. The Morgan fingerprint density at radius 3 is 2.12 bits per heavy atom. The number of halogens is 8. The zero-order valence-corrected chi connectivity index (χ0v) is 17.2. The average molecular weight is 494 g/mol. The predicted molar refractivity (Wildman–Crippen MR) is 104 cm³/mol. The third kappa shape index (κ3) is 5.54. The van der Waals surface area contributed by atoms with Gasteiger partial charge in [-0.3, -0.25) is 0 Å². The molecule has 1 N–H and O–H groups in total. The van der Waals surface area contributed by atoms with E-state index in [1.54, 1.807) is 24.3 Å². The van der Waals surface area contributed by atoms with E-state index < -0.39 is 36.1 Å². The van der Waals surface area contributed by atoms with E-state index >= 15 is 0 Å². The number of benzene rings is 2. The van der Waals surface area contributed by atoms with Gasteiger partial charge in [-0.25, -0.2) is 4.68 Å². The summed E-state index contributed by atoms with van der Waals surface area (Å²) in [6.07, 6.45) is -11.2. The van der Waals surface area contributed by atoms with Crippen molar-refractivity contribution in [1.82, 2.24) is 15.0 Å². The largest absolute Gasteiger partial charge is 0.416 e. The van der Waals surface area contributed by atoms with Crippen LogP contribution in [0.3, 0.4) is 0 Å². The first-order valence-corrected chi connectivity index (χ1v) is 9.43. The summed E-state index contributed by atoms with van der Waals surface area (Å²) in [6, 6.07) is 7.56. The summed E-state index contributed by atoms with van der Waals surface area (Å²) in [5, 5.41) is 17.5. The Morgan fingerprint density at radius 2 is 1.56 bits per heavy atom. The number of rotatable bonds is 3. The van der Waals surface area contributed by atoms with Crippen molar-refractivity contribution in [3.8, 4) is 11.8 Å². The minimum absolute atomic E-state index is 0.0272. The first kappa shape index (κ1) is 23.9. The van der Waals surface area contributed by atoms with Crippen molar-refractivity contribution >= 4 is 23.2 Å². The zero-order valence-electron chi connectivity index (χ0n) is 15.6. The van der Waals surface area contributed by atoms with E-state index in [-0.39, 0.29) is 27.5 Å². The van der Waals surface area contributed by atoms with Crippen LogP contribution in [-0.4, -0.2) is 20.1 Å². The van der Waals surface area contributed by atoms with Crippen molar-refractivity contribution in [1.29, 1.82) is 0 Å². The van der Waals surface area contributed by atoms with E-state index in [2.05, 4.69) is 22.2 Å². The van der Waals surface area contributed by atoms with Crippen LogP contribution in [0.2, 0.25) is 10.2 Å². The Balaban J connectivity index is 1.89. The minimum atomic E-state index is -4.98. The zero-order chi connectivity index (χ0) is 23.7.